The third-order valence-electron chi connectivity index (χ3n) is 8.92. The summed E-state index contributed by atoms with van der Waals surface area (Å²) in [5.74, 6) is 0.0773. The van der Waals surface area contributed by atoms with Crippen molar-refractivity contribution < 1.29 is 19.4 Å². The summed E-state index contributed by atoms with van der Waals surface area (Å²) in [4.78, 5) is 26.8. The lowest BCUT2D eigenvalue weighted by Crippen LogP contribution is -2.50. The number of aliphatic hydroxyl groups is 1. The van der Waals surface area contributed by atoms with Crippen LogP contribution in [-0.4, -0.2) is 42.7 Å². The number of unbranched alkanes of at least 4 members (excludes halogenated alkanes) is 1. The molecule has 0 fully saturated rings. The molecule has 6 N–H and O–H groups in total. The van der Waals surface area contributed by atoms with Gasteiger partial charge in [0.25, 0.3) is 0 Å². The van der Waals surface area contributed by atoms with Crippen molar-refractivity contribution in [3.8, 4) is 5.75 Å². The van der Waals surface area contributed by atoms with E-state index >= 15 is 0 Å². The highest BCUT2D eigenvalue weighted by atomic mass is 16.5. The SMILES string of the molecule is COc1ccc(C(NCCCCC(NC(=O)[C@@H](N)Cc2ccccc2)C(=O)Nc2ccc(CO)cc2)(c2ccccc2)c2ccccc2)cc1. The van der Waals surface area contributed by atoms with Crippen LogP contribution in [0.1, 0.15) is 47.1 Å². The average molecular weight is 671 g/mol. The zero-order chi connectivity index (χ0) is 35.2. The molecule has 0 aliphatic rings. The number of methoxy groups -OCH3 is 1. The molecule has 8 nitrogen and oxygen atoms in total. The van der Waals surface area contributed by atoms with Crippen LogP contribution in [0.2, 0.25) is 0 Å². The fourth-order valence-corrected chi connectivity index (χ4v) is 6.20. The molecule has 1 unspecified atom stereocenters. The molecule has 2 amide bonds. The van der Waals surface area contributed by atoms with Gasteiger partial charge in [-0.2, -0.15) is 0 Å². The Morgan fingerprint density at radius 1 is 0.700 bits per heavy atom. The topological polar surface area (TPSA) is 126 Å². The summed E-state index contributed by atoms with van der Waals surface area (Å²) >= 11 is 0. The van der Waals surface area contributed by atoms with E-state index in [9.17, 15) is 14.7 Å². The number of carbonyl (C=O) groups excluding carboxylic acids is 2. The van der Waals surface area contributed by atoms with E-state index in [-0.39, 0.29) is 18.4 Å². The molecule has 5 aromatic carbocycles. The van der Waals surface area contributed by atoms with Crippen LogP contribution in [0.3, 0.4) is 0 Å². The Morgan fingerprint density at radius 3 is 1.82 bits per heavy atom. The lowest BCUT2D eigenvalue weighted by Gasteiger charge is -2.37. The van der Waals surface area contributed by atoms with E-state index in [0.717, 1.165) is 40.0 Å². The number of aliphatic hydroxyl groups excluding tert-OH is 1. The van der Waals surface area contributed by atoms with Crippen molar-refractivity contribution in [2.45, 2.75) is 49.9 Å². The molecular formula is C42H46N4O4. The van der Waals surface area contributed by atoms with Gasteiger partial charge in [-0.3, -0.25) is 14.9 Å². The predicted octanol–water partition coefficient (Wildman–Crippen LogP) is 5.93. The number of hydrogen-bond acceptors (Lipinski definition) is 6. The Balaban J connectivity index is 1.32. The predicted molar refractivity (Wildman–Crippen MR) is 199 cm³/mol. The summed E-state index contributed by atoms with van der Waals surface area (Å²) in [6, 6.07) is 43.8. The average Bonchev–Trinajstić information content (AvgIpc) is 3.17. The van der Waals surface area contributed by atoms with Crippen molar-refractivity contribution in [3.63, 3.8) is 0 Å². The molecule has 0 bridgehead atoms. The zero-order valence-electron chi connectivity index (χ0n) is 28.4. The van der Waals surface area contributed by atoms with Crippen LogP contribution in [0.5, 0.6) is 5.75 Å². The second kappa shape index (κ2) is 17.9. The van der Waals surface area contributed by atoms with Gasteiger partial charge in [-0.15, -0.1) is 0 Å². The van der Waals surface area contributed by atoms with Gasteiger partial charge in [0, 0.05) is 5.69 Å². The first-order valence-electron chi connectivity index (χ1n) is 17.0. The molecule has 5 aromatic rings. The van der Waals surface area contributed by atoms with Gasteiger partial charge in [0.2, 0.25) is 11.8 Å². The van der Waals surface area contributed by atoms with E-state index in [1.165, 1.54) is 0 Å². The van der Waals surface area contributed by atoms with Gasteiger partial charge in [-0.05, 0) is 84.3 Å². The number of carbonyl (C=O) groups is 2. The zero-order valence-corrected chi connectivity index (χ0v) is 28.4. The first-order chi connectivity index (χ1) is 24.4. The number of nitrogens with two attached hydrogens (primary N) is 1. The van der Waals surface area contributed by atoms with E-state index in [0.29, 0.717) is 31.5 Å². The molecule has 0 aliphatic heterocycles. The van der Waals surface area contributed by atoms with E-state index in [4.69, 9.17) is 10.5 Å². The Hall–Kier alpha value is -5.28. The van der Waals surface area contributed by atoms with Crippen molar-refractivity contribution in [1.29, 1.82) is 0 Å². The number of hydrogen-bond donors (Lipinski definition) is 5. The maximum atomic E-state index is 13.6. The summed E-state index contributed by atoms with van der Waals surface area (Å²) in [7, 11) is 1.66. The van der Waals surface area contributed by atoms with Gasteiger partial charge in [0.05, 0.1) is 25.3 Å². The van der Waals surface area contributed by atoms with Crippen LogP contribution in [0.4, 0.5) is 5.69 Å². The Kier molecular flexibility index (Phi) is 12.9. The molecule has 0 radical (unpaired) electrons. The van der Waals surface area contributed by atoms with Crippen molar-refractivity contribution in [2.24, 2.45) is 5.73 Å². The Morgan fingerprint density at radius 2 is 1.26 bits per heavy atom. The van der Waals surface area contributed by atoms with E-state index in [1.807, 2.05) is 78.9 Å². The molecular weight excluding hydrogens is 624 g/mol. The lowest BCUT2D eigenvalue weighted by molar-refractivity contribution is -0.127. The van der Waals surface area contributed by atoms with Gasteiger partial charge in [-0.1, -0.05) is 115 Å². The minimum atomic E-state index is -0.805. The van der Waals surface area contributed by atoms with E-state index in [1.54, 1.807) is 31.4 Å². The molecule has 0 spiro atoms. The molecule has 50 heavy (non-hydrogen) atoms. The van der Waals surface area contributed by atoms with Crippen LogP contribution < -0.4 is 26.4 Å². The molecule has 0 saturated carbocycles. The highest BCUT2D eigenvalue weighted by molar-refractivity contribution is 5.97. The standard InChI is InChI=1S/C42H46N4O4/c1-50-37-26-22-35(23-27-37)42(33-15-7-3-8-16-33,34-17-9-4-10-18-34)44-28-12-11-19-39(41(49)45-36-24-20-32(30-47)21-25-36)46-40(48)38(43)29-31-13-5-2-6-14-31/h2-10,13-18,20-27,38-39,44,47H,11-12,19,28-30,43H2,1H3,(H,45,49)(H,46,48)/t38-,39?/m0/s1. The molecule has 258 valence electrons. The Bertz CT molecular complexity index is 1730. The number of anilines is 1. The van der Waals surface area contributed by atoms with Gasteiger partial charge in [0.1, 0.15) is 11.8 Å². The lowest BCUT2D eigenvalue weighted by atomic mass is 9.77. The molecule has 0 heterocycles. The molecule has 2 atom stereocenters. The largest absolute Gasteiger partial charge is 0.497 e. The number of nitrogens with one attached hydrogen (secondary N) is 3. The van der Waals surface area contributed by atoms with Crippen LogP contribution >= 0.6 is 0 Å². The van der Waals surface area contributed by atoms with Crippen molar-refractivity contribution in [2.75, 3.05) is 19.0 Å². The third-order valence-corrected chi connectivity index (χ3v) is 8.92. The normalized spacial score (nSPS) is 12.5. The minimum Gasteiger partial charge on any atom is -0.497 e. The smallest absolute Gasteiger partial charge is 0.246 e. The van der Waals surface area contributed by atoms with Crippen molar-refractivity contribution in [1.82, 2.24) is 10.6 Å². The number of amides is 2. The van der Waals surface area contributed by atoms with E-state index in [2.05, 4.69) is 52.3 Å². The van der Waals surface area contributed by atoms with Gasteiger partial charge in [-0.25, -0.2) is 0 Å². The first-order valence-corrected chi connectivity index (χ1v) is 17.0. The summed E-state index contributed by atoms with van der Waals surface area (Å²) in [6.07, 6.45) is 2.17. The summed E-state index contributed by atoms with van der Waals surface area (Å²) in [6.45, 7) is 0.544. The molecule has 5 rings (SSSR count). The van der Waals surface area contributed by atoms with Crippen molar-refractivity contribution >= 4 is 17.5 Å². The molecule has 8 heteroatoms. The number of rotatable bonds is 17. The second-order valence-corrected chi connectivity index (χ2v) is 12.3. The maximum absolute atomic E-state index is 13.6. The van der Waals surface area contributed by atoms with Gasteiger partial charge in [0.15, 0.2) is 0 Å². The molecule has 0 aliphatic carbocycles. The van der Waals surface area contributed by atoms with Crippen LogP contribution in [0, 0.1) is 0 Å². The quantitative estimate of drug-likeness (QED) is 0.0617. The number of ether oxygens (including phenoxy) is 1. The minimum absolute atomic E-state index is 0.0887. The van der Waals surface area contributed by atoms with Crippen LogP contribution in [0.15, 0.2) is 140 Å². The summed E-state index contributed by atoms with van der Waals surface area (Å²) in [5, 5.41) is 19.1. The number of benzene rings is 5. The fourth-order valence-electron chi connectivity index (χ4n) is 6.20. The monoisotopic (exact) mass is 670 g/mol. The molecule has 0 saturated heterocycles. The summed E-state index contributed by atoms with van der Waals surface area (Å²) < 4.78 is 5.47. The van der Waals surface area contributed by atoms with Gasteiger partial charge < -0.3 is 26.2 Å². The van der Waals surface area contributed by atoms with Gasteiger partial charge >= 0.3 is 0 Å². The highest BCUT2D eigenvalue weighted by Gasteiger charge is 2.35. The third kappa shape index (κ3) is 9.24. The Labute approximate surface area is 294 Å². The van der Waals surface area contributed by atoms with Crippen molar-refractivity contribution in [3.05, 3.63) is 167 Å². The maximum Gasteiger partial charge on any atom is 0.246 e. The van der Waals surface area contributed by atoms with Crippen LogP contribution in [0.25, 0.3) is 0 Å². The van der Waals surface area contributed by atoms with Crippen LogP contribution in [-0.2, 0) is 28.2 Å². The molecule has 0 aromatic heterocycles. The highest BCUT2D eigenvalue weighted by Crippen LogP contribution is 2.37. The second-order valence-electron chi connectivity index (χ2n) is 12.3. The fraction of sp³-hybridized carbons (Fsp3) is 0.238. The first kappa shape index (κ1) is 36.0. The summed E-state index contributed by atoms with van der Waals surface area (Å²) in [5.41, 5.74) is 11.2. The van der Waals surface area contributed by atoms with E-state index < -0.39 is 17.6 Å².